The standard InChI is InChI=1S/C13H27NO5/c1-13(2,3)6-12(19)14(4)7-9(16)5-10(17)11(18)8-15/h9-11,15-18H,5-8H2,1-4H3. The predicted octanol–water partition coefficient (Wildman–Crippen LogP) is -0.654. The van der Waals surface area contributed by atoms with Crippen molar-refractivity contribution in [1.82, 2.24) is 4.90 Å². The van der Waals surface area contributed by atoms with Crippen LogP contribution in [0, 0.1) is 5.41 Å². The predicted molar refractivity (Wildman–Crippen MR) is 71.4 cm³/mol. The van der Waals surface area contributed by atoms with Gasteiger partial charge in [-0.25, -0.2) is 0 Å². The van der Waals surface area contributed by atoms with Crippen molar-refractivity contribution in [1.29, 1.82) is 0 Å². The van der Waals surface area contributed by atoms with E-state index in [9.17, 15) is 20.1 Å². The van der Waals surface area contributed by atoms with Crippen LogP contribution in [0.5, 0.6) is 0 Å². The van der Waals surface area contributed by atoms with Crippen molar-refractivity contribution in [3.05, 3.63) is 0 Å². The first-order chi connectivity index (χ1) is 8.56. The van der Waals surface area contributed by atoms with Crippen molar-refractivity contribution in [3.63, 3.8) is 0 Å². The zero-order chi connectivity index (χ0) is 15.2. The van der Waals surface area contributed by atoms with Gasteiger partial charge in [0.25, 0.3) is 0 Å². The van der Waals surface area contributed by atoms with Crippen LogP contribution in [0.4, 0.5) is 0 Å². The fraction of sp³-hybridized carbons (Fsp3) is 0.923. The second kappa shape index (κ2) is 7.79. The zero-order valence-corrected chi connectivity index (χ0v) is 12.2. The molecule has 19 heavy (non-hydrogen) atoms. The van der Waals surface area contributed by atoms with Crippen LogP contribution in [-0.4, -0.2) is 69.7 Å². The highest BCUT2D eigenvalue weighted by atomic mass is 16.4. The lowest BCUT2D eigenvalue weighted by Crippen LogP contribution is -2.39. The number of hydrogen-bond acceptors (Lipinski definition) is 5. The molecular weight excluding hydrogens is 250 g/mol. The molecule has 114 valence electrons. The van der Waals surface area contributed by atoms with Gasteiger partial charge in [-0.05, 0) is 5.41 Å². The quantitative estimate of drug-likeness (QED) is 0.495. The van der Waals surface area contributed by atoms with E-state index >= 15 is 0 Å². The van der Waals surface area contributed by atoms with E-state index in [-0.39, 0.29) is 24.3 Å². The number of rotatable bonds is 7. The Kier molecular flexibility index (Phi) is 7.51. The first-order valence-electron chi connectivity index (χ1n) is 6.46. The lowest BCUT2D eigenvalue weighted by molar-refractivity contribution is -0.133. The third-order valence-electron chi connectivity index (χ3n) is 2.74. The van der Waals surface area contributed by atoms with E-state index in [0.717, 1.165) is 0 Å². The second-order valence-corrected chi connectivity index (χ2v) is 6.22. The number of aliphatic hydroxyl groups is 4. The molecule has 0 saturated carbocycles. The van der Waals surface area contributed by atoms with E-state index in [4.69, 9.17) is 5.11 Å². The number of amides is 1. The van der Waals surface area contributed by atoms with Gasteiger partial charge in [0.15, 0.2) is 0 Å². The first-order valence-corrected chi connectivity index (χ1v) is 6.46. The van der Waals surface area contributed by atoms with Gasteiger partial charge >= 0.3 is 0 Å². The van der Waals surface area contributed by atoms with Gasteiger partial charge in [-0.1, -0.05) is 20.8 Å². The maximum atomic E-state index is 11.8. The highest BCUT2D eigenvalue weighted by Gasteiger charge is 2.23. The molecule has 1 amide bonds. The maximum absolute atomic E-state index is 11.8. The molecule has 0 aliphatic heterocycles. The summed E-state index contributed by atoms with van der Waals surface area (Å²) in [6.07, 6.45) is -3.13. The van der Waals surface area contributed by atoms with E-state index in [1.807, 2.05) is 20.8 Å². The number of carbonyl (C=O) groups excluding carboxylic acids is 1. The summed E-state index contributed by atoms with van der Waals surface area (Å²) in [6, 6.07) is 0. The van der Waals surface area contributed by atoms with E-state index in [1.54, 1.807) is 7.05 Å². The van der Waals surface area contributed by atoms with Crippen molar-refractivity contribution in [2.24, 2.45) is 5.41 Å². The topological polar surface area (TPSA) is 101 Å². The van der Waals surface area contributed by atoms with Crippen LogP contribution in [0.25, 0.3) is 0 Å². The lowest BCUT2D eigenvalue weighted by atomic mass is 9.91. The number of likely N-dealkylation sites (N-methyl/N-ethyl adjacent to an activating group) is 1. The Morgan fingerprint density at radius 3 is 2.11 bits per heavy atom. The summed E-state index contributed by atoms with van der Waals surface area (Å²) in [7, 11) is 1.59. The molecule has 0 spiro atoms. The summed E-state index contributed by atoms with van der Waals surface area (Å²) >= 11 is 0. The average Bonchev–Trinajstić information content (AvgIpc) is 2.25. The van der Waals surface area contributed by atoms with Crippen LogP contribution in [-0.2, 0) is 4.79 Å². The molecular formula is C13H27NO5. The molecule has 0 heterocycles. The van der Waals surface area contributed by atoms with E-state index in [1.165, 1.54) is 4.90 Å². The minimum absolute atomic E-state index is 0.0799. The molecule has 0 aliphatic carbocycles. The third kappa shape index (κ3) is 8.15. The lowest BCUT2D eigenvalue weighted by Gasteiger charge is -2.26. The molecule has 3 atom stereocenters. The van der Waals surface area contributed by atoms with Gasteiger partial charge in [-0.3, -0.25) is 4.79 Å². The summed E-state index contributed by atoms with van der Waals surface area (Å²) in [5.41, 5.74) is -0.122. The van der Waals surface area contributed by atoms with Gasteiger partial charge in [0.2, 0.25) is 5.91 Å². The second-order valence-electron chi connectivity index (χ2n) is 6.22. The Hall–Kier alpha value is -0.690. The molecule has 0 aliphatic rings. The minimum atomic E-state index is -1.27. The molecule has 0 aromatic heterocycles. The molecule has 0 aromatic rings. The highest BCUT2D eigenvalue weighted by molar-refractivity contribution is 5.76. The van der Waals surface area contributed by atoms with Crippen molar-refractivity contribution in [3.8, 4) is 0 Å². The fourth-order valence-electron chi connectivity index (χ4n) is 1.64. The van der Waals surface area contributed by atoms with Gasteiger partial charge in [0, 0.05) is 26.4 Å². The summed E-state index contributed by atoms with van der Waals surface area (Å²) in [6.45, 7) is 5.39. The van der Waals surface area contributed by atoms with Crippen LogP contribution in [0.15, 0.2) is 0 Å². The minimum Gasteiger partial charge on any atom is -0.394 e. The monoisotopic (exact) mass is 277 g/mol. The van der Waals surface area contributed by atoms with Crippen LogP contribution >= 0.6 is 0 Å². The molecule has 3 unspecified atom stereocenters. The molecule has 6 nitrogen and oxygen atoms in total. The average molecular weight is 277 g/mol. The largest absolute Gasteiger partial charge is 0.394 e. The van der Waals surface area contributed by atoms with Gasteiger partial charge in [0.05, 0.1) is 18.8 Å². The summed E-state index contributed by atoms with van der Waals surface area (Å²) in [4.78, 5) is 13.2. The van der Waals surface area contributed by atoms with Gasteiger partial charge in [-0.2, -0.15) is 0 Å². The maximum Gasteiger partial charge on any atom is 0.222 e. The molecule has 4 N–H and O–H groups in total. The Labute approximate surface area is 114 Å². The SMILES string of the molecule is CN(CC(O)CC(O)C(O)CO)C(=O)CC(C)(C)C. The first kappa shape index (κ1) is 18.3. The Bertz CT molecular complexity index is 277. The number of carbonyl (C=O) groups is 1. The molecule has 0 bridgehead atoms. The number of nitrogens with zero attached hydrogens (tertiary/aromatic N) is 1. The number of hydrogen-bond donors (Lipinski definition) is 4. The van der Waals surface area contributed by atoms with Crippen LogP contribution in [0.1, 0.15) is 33.6 Å². The molecule has 0 fully saturated rings. The molecule has 0 aromatic carbocycles. The number of aliphatic hydroxyl groups excluding tert-OH is 4. The van der Waals surface area contributed by atoms with Crippen LogP contribution in [0.3, 0.4) is 0 Å². The van der Waals surface area contributed by atoms with Gasteiger partial charge < -0.3 is 25.3 Å². The Balaban J connectivity index is 4.18. The van der Waals surface area contributed by atoms with Crippen molar-refractivity contribution < 1.29 is 25.2 Å². The molecule has 6 heteroatoms. The summed E-state index contributed by atoms with van der Waals surface area (Å²) < 4.78 is 0. The van der Waals surface area contributed by atoms with Gasteiger partial charge in [0.1, 0.15) is 6.10 Å². The van der Waals surface area contributed by atoms with Crippen LogP contribution in [0.2, 0.25) is 0 Å². The van der Waals surface area contributed by atoms with Crippen molar-refractivity contribution >= 4 is 5.91 Å². The zero-order valence-electron chi connectivity index (χ0n) is 12.2. The van der Waals surface area contributed by atoms with Gasteiger partial charge in [-0.15, -0.1) is 0 Å². The van der Waals surface area contributed by atoms with E-state index < -0.39 is 24.9 Å². The van der Waals surface area contributed by atoms with E-state index in [2.05, 4.69) is 0 Å². The molecule has 0 saturated heterocycles. The van der Waals surface area contributed by atoms with Crippen LogP contribution < -0.4 is 0 Å². The molecule has 0 rings (SSSR count). The Morgan fingerprint density at radius 2 is 1.68 bits per heavy atom. The van der Waals surface area contributed by atoms with E-state index in [0.29, 0.717) is 6.42 Å². The highest BCUT2D eigenvalue weighted by Crippen LogP contribution is 2.19. The Morgan fingerprint density at radius 1 is 1.16 bits per heavy atom. The van der Waals surface area contributed by atoms with Crippen molar-refractivity contribution in [2.45, 2.75) is 51.9 Å². The van der Waals surface area contributed by atoms with Crippen molar-refractivity contribution in [2.75, 3.05) is 20.2 Å². The third-order valence-corrected chi connectivity index (χ3v) is 2.74. The fourth-order valence-corrected chi connectivity index (χ4v) is 1.64. The summed E-state index contributed by atoms with van der Waals surface area (Å²) in [5, 5.41) is 37.0. The smallest absolute Gasteiger partial charge is 0.222 e. The summed E-state index contributed by atoms with van der Waals surface area (Å²) in [5.74, 6) is -0.0799. The molecule has 0 radical (unpaired) electrons. The normalized spacial score (nSPS) is 16.8.